The van der Waals surface area contributed by atoms with Crippen molar-refractivity contribution in [2.75, 3.05) is 12.4 Å². The SMILES string of the molecule is C=CCOc1ccc(/C=N/NC(=O)CSCc2cccc(Cl)c2)cc1. The van der Waals surface area contributed by atoms with Crippen molar-refractivity contribution in [3.05, 3.63) is 77.3 Å². The fourth-order valence-corrected chi connectivity index (χ4v) is 2.88. The molecule has 2 aromatic carbocycles. The Morgan fingerprint density at radius 3 is 2.80 bits per heavy atom. The van der Waals surface area contributed by atoms with Gasteiger partial charge in [-0.05, 0) is 47.5 Å². The monoisotopic (exact) mass is 374 g/mol. The lowest BCUT2D eigenvalue weighted by Crippen LogP contribution is -2.19. The molecule has 0 saturated carbocycles. The van der Waals surface area contributed by atoms with Crippen LogP contribution in [0.2, 0.25) is 5.02 Å². The van der Waals surface area contributed by atoms with Gasteiger partial charge < -0.3 is 4.74 Å². The van der Waals surface area contributed by atoms with E-state index in [1.165, 1.54) is 11.8 Å². The van der Waals surface area contributed by atoms with Gasteiger partial charge in [-0.2, -0.15) is 5.10 Å². The molecule has 0 aromatic heterocycles. The van der Waals surface area contributed by atoms with Crippen LogP contribution in [0.15, 0.2) is 66.3 Å². The zero-order chi connectivity index (χ0) is 17.9. The molecule has 0 aliphatic carbocycles. The molecule has 0 heterocycles. The van der Waals surface area contributed by atoms with E-state index in [1.807, 2.05) is 48.5 Å². The fraction of sp³-hybridized carbons (Fsp3) is 0.158. The third kappa shape index (κ3) is 7.45. The number of carbonyl (C=O) groups excluding carboxylic acids is 1. The van der Waals surface area contributed by atoms with Crippen molar-refractivity contribution in [2.24, 2.45) is 5.10 Å². The number of halogens is 1. The number of benzene rings is 2. The van der Waals surface area contributed by atoms with Gasteiger partial charge in [-0.3, -0.25) is 4.79 Å². The molecule has 0 atom stereocenters. The van der Waals surface area contributed by atoms with Gasteiger partial charge in [0, 0.05) is 10.8 Å². The van der Waals surface area contributed by atoms with Crippen LogP contribution >= 0.6 is 23.4 Å². The summed E-state index contributed by atoms with van der Waals surface area (Å²) in [6.07, 6.45) is 3.28. The Morgan fingerprint density at radius 2 is 2.08 bits per heavy atom. The molecule has 0 bridgehead atoms. The van der Waals surface area contributed by atoms with E-state index in [1.54, 1.807) is 12.3 Å². The van der Waals surface area contributed by atoms with Crippen molar-refractivity contribution in [1.29, 1.82) is 0 Å². The summed E-state index contributed by atoms with van der Waals surface area (Å²) in [4.78, 5) is 11.8. The summed E-state index contributed by atoms with van der Waals surface area (Å²) in [5.74, 6) is 1.68. The zero-order valence-electron chi connectivity index (χ0n) is 13.7. The Balaban J connectivity index is 1.70. The number of ether oxygens (including phenoxy) is 1. The van der Waals surface area contributed by atoms with Crippen LogP contribution in [0.3, 0.4) is 0 Å². The summed E-state index contributed by atoms with van der Waals surface area (Å²) in [6.45, 7) is 4.07. The van der Waals surface area contributed by atoms with Crippen LogP contribution in [-0.4, -0.2) is 24.5 Å². The highest BCUT2D eigenvalue weighted by Gasteiger charge is 2.01. The first-order chi connectivity index (χ1) is 12.2. The number of hydrogen-bond acceptors (Lipinski definition) is 4. The maximum atomic E-state index is 11.8. The molecule has 0 saturated heterocycles. The lowest BCUT2D eigenvalue weighted by atomic mass is 10.2. The molecule has 130 valence electrons. The Kier molecular flexibility index (Phi) is 8.09. The smallest absolute Gasteiger partial charge is 0.250 e. The van der Waals surface area contributed by atoms with Crippen molar-refractivity contribution in [3.8, 4) is 5.75 Å². The Bertz CT molecular complexity index is 732. The zero-order valence-corrected chi connectivity index (χ0v) is 15.2. The number of hydrogen-bond donors (Lipinski definition) is 1. The number of nitrogens with zero attached hydrogens (tertiary/aromatic N) is 1. The van der Waals surface area contributed by atoms with Crippen molar-refractivity contribution in [3.63, 3.8) is 0 Å². The lowest BCUT2D eigenvalue weighted by Gasteiger charge is -2.03. The van der Waals surface area contributed by atoms with Gasteiger partial charge in [0.2, 0.25) is 5.91 Å². The van der Waals surface area contributed by atoms with Crippen molar-refractivity contribution >= 4 is 35.5 Å². The second-order valence-electron chi connectivity index (χ2n) is 5.08. The Hall–Kier alpha value is -2.24. The van der Waals surface area contributed by atoms with E-state index in [2.05, 4.69) is 17.1 Å². The van der Waals surface area contributed by atoms with Crippen LogP contribution in [0.5, 0.6) is 5.75 Å². The van der Waals surface area contributed by atoms with Gasteiger partial charge in [-0.1, -0.05) is 36.4 Å². The first-order valence-corrected chi connectivity index (χ1v) is 9.18. The summed E-state index contributed by atoms with van der Waals surface area (Å²) in [7, 11) is 0. The topological polar surface area (TPSA) is 50.7 Å². The Labute approximate surface area is 156 Å². The summed E-state index contributed by atoms with van der Waals surface area (Å²) in [5, 5.41) is 4.66. The first kappa shape index (κ1) is 19.1. The van der Waals surface area contributed by atoms with E-state index >= 15 is 0 Å². The van der Waals surface area contributed by atoms with E-state index in [4.69, 9.17) is 16.3 Å². The molecule has 0 aliphatic heterocycles. The minimum atomic E-state index is -0.144. The molecule has 0 radical (unpaired) electrons. The maximum absolute atomic E-state index is 11.8. The van der Waals surface area contributed by atoms with Crippen molar-refractivity contribution in [2.45, 2.75) is 5.75 Å². The van der Waals surface area contributed by atoms with E-state index < -0.39 is 0 Å². The molecule has 1 N–H and O–H groups in total. The number of amides is 1. The van der Waals surface area contributed by atoms with Crippen LogP contribution in [0.1, 0.15) is 11.1 Å². The molecule has 4 nitrogen and oxygen atoms in total. The van der Waals surface area contributed by atoms with Crippen LogP contribution in [0.25, 0.3) is 0 Å². The summed E-state index contributed by atoms with van der Waals surface area (Å²) in [5.41, 5.74) is 4.48. The van der Waals surface area contributed by atoms with E-state index in [9.17, 15) is 4.79 Å². The minimum absolute atomic E-state index is 0.144. The highest BCUT2D eigenvalue weighted by Crippen LogP contribution is 2.16. The van der Waals surface area contributed by atoms with Crippen LogP contribution in [0.4, 0.5) is 0 Å². The third-order valence-electron chi connectivity index (χ3n) is 3.04. The second-order valence-corrected chi connectivity index (χ2v) is 6.51. The van der Waals surface area contributed by atoms with Crippen LogP contribution in [-0.2, 0) is 10.5 Å². The lowest BCUT2D eigenvalue weighted by molar-refractivity contribution is -0.118. The standard InChI is InChI=1S/C19H19ClN2O2S/c1-2-10-24-18-8-6-15(7-9-18)12-21-22-19(23)14-25-13-16-4-3-5-17(20)11-16/h2-9,11-12H,1,10,13-14H2,(H,22,23)/b21-12+. The molecule has 0 unspecified atom stereocenters. The molecule has 0 fully saturated rings. The molecule has 1 amide bonds. The number of carbonyl (C=O) groups is 1. The molecular weight excluding hydrogens is 356 g/mol. The van der Waals surface area contributed by atoms with Gasteiger partial charge in [0.05, 0.1) is 12.0 Å². The normalized spacial score (nSPS) is 10.6. The average Bonchev–Trinajstić information content (AvgIpc) is 2.61. The highest BCUT2D eigenvalue weighted by molar-refractivity contribution is 7.99. The molecule has 0 aliphatic rings. The molecular formula is C19H19ClN2O2S. The van der Waals surface area contributed by atoms with Crippen LogP contribution in [0, 0.1) is 0 Å². The van der Waals surface area contributed by atoms with E-state index in [-0.39, 0.29) is 5.91 Å². The maximum Gasteiger partial charge on any atom is 0.250 e. The molecule has 6 heteroatoms. The summed E-state index contributed by atoms with van der Waals surface area (Å²) >= 11 is 7.44. The fourth-order valence-electron chi connectivity index (χ4n) is 1.90. The summed E-state index contributed by atoms with van der Waals surface area (Å²) < 4.78 is 5.40. The van der Waals surface area contributed by atoms with Gasteiger partial charge in [0.15, 0.2) is 0 Å². The predicted octanol–water partition coefficient (Wildman–Crippen LogP) is 4.29. The number of rotatable bonds is 9. The number of thioether (sulfide) groups is 1. The van der Waals surface area contributed by atoms with Gasteiger partial charge >= 0.3 is 0 Å². The highest BCUT2D eigenvalue weighted by atomic mass is 35.5. The average molecular weight is 375 g/mol. The quantitative estimate of drug-likeness (QED) is 0.404. The van der Waals surface area contributed by atoms with E-state index in [0.29, 0.717) is 17.4 Å². The number of nitrogens with one attached hydrogen (secondary N) is 1. The third-order valence-corrected chi connectivity index (χ3v) is 4.28. The minimum Gasteiger partial charge on any atom is -0.490 e. The molecule has 2 rings (SSSR count). The van der Waals surface area contributed by atoms with Gasteiger partial charge in [-0.15, -0.1) is 11.8 Å². The summed E-state index contributed by atoms with van der Waals surface area (Å²) in [6, 6.07) is 15.0. The first-order valence-electron chi connectivity index (χ1n) is 7.65. The van der Waals surface area contributed by atoms with Gasteiger partial charge in [-0.25, -0.2) is 5.43 Å². The van der Waals surface area contributed by atoms with Crippen LogP contribution < -0.4 is 10.2 Å². The molecule has 0 spiro atoms. The second kappa shape index (κ2) is 10.6. The van der Waals surface area contributed by atoms with Gasteiger partial charge in [0.25, 0.3) is 0 Å². The van der Waals surface area contributed by atoms with Crippen molar-refractivity contribution < 1.29 is 9.53 Å². The van der Waals surface area contributed by atoms with E-state index in [0.717, 1.165) is 22.6 Å². The number of hydrazone groups is 1. The largest absolute Gasteiger partial charge is 0.490 e. The van der Waals surface area contributed by atoms with Crippen molar-refractivity contribution in [1.82, 2.24) is 5.43 Å². The Morgan fingerprint density at radius 1 is 1.28 bits per heavy atom. The molecule has 2 aromatic rings. The predicted molar refractivity (Wildman–Crippen MR) is 105 cm³/mol. The molecule has 25 heavy (non-hydrogen) atoms. The van der Waals surface area contributed by atoms with Gasteiger partial charge in [0.1, 0.15) is 12.4 Å².